The van der Waals surface area contributed by atoms with E-state index < -0.39 is 11.9 Å². The Morgan fingerprint density at radius 3 is 2.90 bits per heavy atom. The maximum atomic E-state index is 11.6. The predicted molar refractivity (Wildman–Crippen MR) is 84.4 cm³/mol. The largest absolute Gasteiger partial charge is 0.383 e. The number of amides is 3. The number of carbonyl (C=O) groups is 2. The van der Waals surface area contributed by atoms with Gasteiger partial charge in [0.1, 0.15) is 10.6 Å². The summed E-state index contributed by atoms with van der Waals surface area (Å²) in [6.07, 6.45) is 0. The zero-order chi connectivity index (χ0) is 15.4. The van der Waals surface area contributed by atoms with Crippen LogP contribution >= 0.6 is 23.1 Å². The lowest BCUT2D eigenvalue weighted by atomic mass is 10.4. The highest BCUT2D eigenvalue weighted by Crippen LogP contribution is 2.25. The summed E-state index contributed by atoms with van der Waals surface area (Å²) >= 11 is 2.59. The van der Waals surface area contributed by atoms with Gasteiger partial charge in [0.25, 0.3) is 0 Å². The molecule has 0 spiro atoms. The molecular weight excluding hydrogens is 310 g/mol. The van der Waals surface area contributed by atoms with Crippen molar-refractivity contribution in [2.75, 3.05) is 11.5 Å². The summed E-state index contributed by atoms with van der Waals surface area (Å²) in [5.41, 5.74) is 5.82. The second-order valence-electron chi connectivity index (χ2n) is 4.50. The minimum atomic E-state index is -0.509. The zero-order valence-electron chi connectivity index (χ0n) is 11.5. The first-order chi connectivity index (χ1) is 9.95. The van der Waals surface area contributed by atoms with Crippen LogP contribution in [0, 0.1) is 0 Å². The van der Waals surface area contributed by atoms with Crippen molar-refractivity contribution >= 4 is 51.1 Å². The molecule has 0 aliphatic heterocycles. The van der Waals surface area contributed by atoms with Crippen LogP contribution in [-0.4, -0.2) is 33.7 Å². The number of hydrogen-bond acceptors (Lipinski definition) is 7. The van der Waals surface area contributed by atoms with Crippen molar-refractivity contribution in [2.45, 2.75) is 25.0 Å². The average molecular weight is 325 g/mol. The van der Waals surface area contributed by atoms with Gasteiger partial charge in [0.15, 0.2) is 5.16 Å². The van der Waals surface area contributed by atoms with E-state index in [2.05, 4.69) is 20.6 Å². The Kier molecular flexibility index (Phi) is 4.97. The van der Waals surface area contributed by atoms with Crippen LogP contribution in [0.2, 0.25) is 0 Å². The van der Waals surface area contributed by atoms with Crippen LogP contribution in [0.5, 0.6) is 0 Å². The van der Waals surface area contributed by atoms with Crippen LogP contribution in [0.4, 0.5) is 10.6 Å². The Bertz CT molecular complexity index is 671. The molecule has 7 nitrogen and oxygen atoms in total. The molecule has 112 valence electrons. The number of thioether (sulfide) groups is 1. The SMILES string of the molecule is CC(C)NC(=O)NC(=O)CSc1nc(N)c2ccsc2n1. The molecule has 3 amide bonds. The number of hydrogen-bond donors (Lipinski definition) is 3. The fourth-order valence-electron chi connectivity index (χ4n) is 1.51. The molecule has 0 aliphatic rings. The van der Waals surface area contributed by atoms with Gasteiger partial charge in [-0.1, -0.05) is 11.8 Å². The maximum Gasteiger partial charge on any atom is 0.321 e. The number of fused-ring (bicyclic) bond motifs is 1. The van der Waals surface area contributed by atoms with Crippen LogP contribution in [0.3, 0.4) is 0 Å². The quantitative estimate of drug-likeness (QED) is 0.582. The predicted octanol–water partition coefficient (Wildman–Crippen LogP) is 1.60. The van der Waals surface area contributed by atoms with Crippen LogP contribution in [-0.2, 0) is 4.79 Å². The molecule has 0 fully saturated rings. The van der Waals surface area contributed by atoms with Crippen LogP contribution < -0.4 is 16.4 Å². The topological polar surface area (TPSA) is 110 Å². The van der Waals surface area contributed by atoms with E-state index in [4.69, 9.17) is 5.73 Å². The van der Waals surface area contributed by atoms with Crippen molar-refractivity contribution in [3.63, 3.8) is 0 Å². The Morgan fingerprint density at radius 1 is 1.43 bits per heavy atom. The number of aromatic nitrogens is 2. The molecule has 0 bridgehead atoms. The van der Waals surface area contributed by atoms with Gasteiger partial charge >= 0.3 is 6.03 Å². The van der Waals surface area contributed by atoms with E-state index >= 15 is 0 Å². The summed E-state index contributed by atoms with van der Waals surface area (Å²) in [6.45, 7) is 3.62. The number of anilines is 1. The Morgan fingerprint density at radius 2 is 2.19 bits per heavy atom. The van der Waals surface area contributed by atoms with Crippen molar-refractivity contribution in [1.82, 2.24) is 20.6 Å². The van der Waals surface area contributed by atoms with E-state index in [-0.39, 0.29) is 11.8 Å². The molecule has 4 N–H and O–H groups in total. The summed E-state index contributed by atoms with van der Waals surface area (Å²) in [5.74, 6) is 0.0234. The molecule has 0 aromatic carbocycles. The standard InChI is InChI=1S/C12H15N5O2S2/c1-6(2)14-11(19)15-8(18)5-21-12-16-9(13)7-3-4-20-10(7)17-12/h3-4,6H,5H2,1-2H3,(H2,13,16,17)(H2,14,15,18,19). The fourth-order valence-corrected chi connectivity index (χ4v) is 2.99. The molecule has 0 radical (unpaired) electrons. The summed E-state index contributed by atoms with van der Waals surface area (Å²) in [5, 5.41) is 7.92. The Labute approximate surface area is 129 Å². The Balaban J connectivity index is 1.92. The monoisotopic (exact) mass is 325 g/mol. The molecule has 0 saturated carbocycles. The van der Waals surface area contributed by atoms with Crippen LogP contribution in [0.1, 0.15) is 13.8 Å². The van der Waals surface area contributed by atoms with Crippen molar-refractivity contribution in [2.24, 2.45) is 0 Å². The van der Waals surface area contributed by atoms with E-state index in [0.29, 0.717) is 11.0 Å². The first kappa shape index (κ1) is 15.5. The number of nitrogens with one attached hydrogen (secondary N) is 2. The van der Waals surface area contributed by atoms with Gasteiger partial charge in [-0.15, -0.1) is 11.3 Å². The summed E-state index contributed by atoms with van der Waals surface area (Å²) in [6, 6.07) is 1.31. The molecule has 0 unspecified atom stereocenters. The molecule has 9 heteroatoms. The van der Waals surface area contributed by atoms with Crippen molar-refractivity contribution < 1.29 is 9.59 Å². The molecule has 2 rings (SSSR count). The average Bonchev–Trinajstić information content (AvgIpc) is 2.84. The van der Waals surface area contributed by atoms with E-state index in [9.17, 15) is 9.59 Å². The number of nitrogen functional groups attached to an aromatic ring is 1. The summed E-state index contributed by atoms with van der Waals surface area (Å²) in [7, 11) is 0. The highest BCUT2D eigenvalue weighted by atomic mass is 32.2. The van der Waals surface area contributed by atoms with Gasteiger partial charge in [-0.25, -0.2) is 14.8 Å². The third kappa shape index (κ3) is 4.30. The molecule has 0 saturated heterocycles. The van der Waals surface area contributed by atoms with Gasteiger partial charge in [-0.3, -0.25) is 10.1 Å². The first-order valence-corrected chi connectivity index (χ1v) is 8.06. The second-order valence-corrected chi connectivity index (χ2v) is 6.33. The lowest BCUT2D eigenvalue weighted by Gasteiger charge is -2.08. The molecule has 2 aromatic heterocycles. The van der Waals surface area contributed by atoms with Crippen molar-refractivity contribution in [1.29, 1.82) is 0 Å². The number of nitrogens with two attached hydrogens (primary N) is 1. The lowest BCUT2D eigenvalue weighted by molar-refractivity contribution is -0.117. The number of carbonyl (C=O) groups excluding carboxylic acids is 2. The van der Waals surface area contributed by atoms with Crippen molar-refractivity contribution in [3.05, 3.63) is 11.4 Å². The molecule has 2 heterocycles. The molecule has 21 heavy (non-hydrogen) atoms. The molecule has 0 aliphatic carbocycles. The van der Waals surface area contributed by atoms with Gasteiger partial charge < -0.3 is 11.1 Å². The third-order valence-corrected chi connectivity index (χ3v) is 3.99. The Hall–Kier alpha value is -1.87. The molecule has 0 atom stereocenters. The van der Waals surface area contributed by atoms with E-state index in [0.717, 1.165) is 22.0 Å². The smallest absolute Gasteiger partial charge is 0.321 e. The van der Waals surface area contributed by atoms with Crippen LogP contribution in [0.25, 0.3) is 10.2 Å². The number of imide groups is 1. The highest BCUT2D eigenvalue weighted by Gasteiger charge is 2.11. The van der Waals surface area contributed by atoms with Crippen LogP contribution in [0.15, 0.2) is 16.6 Å². The maximum absolute atomic E-state index is 11.6. The second kappa shape index (κ2) is 6.72. The minimum Gasteiger partial charge on any atom is -0.383 e. The molecule has 2 aromatic rings. The van der Waals surface area contributed by atoms with Gasteiger partial charge in [-0.05, 0) is 25.3 Å². The summed E-state index contributed by atoms with van der Waals surface area (Å²) < 4.78 is 0. The number of thiophene rings is 1. The number of nitrogens with zero attached hydrogens (tertiary/aromatic N) is 2. The molecular formula is C12H15N5O2S2. The highest BCUT2D eigenvalue weighted by molar-refractivity contribution is 7.99. The van der Waals surface area contributed by atoms with Gasteiger partial charge in [0.05, 0.1) is 11.1 Å². The van der Waals surface area contributed by atoms with Crippen molar-refractivity contribution in [3.8, 4) is 0 Å². The number of rotatable bonds is 4. The van der Waals surface area contributed by atoms with E-state index in [1.165, 1.54) is 11.3 Å². The van der Waals surface area contributed by atoms with Gasteiger partial charge in [0, 0.05) is 6.04 Å². The zero-order valence-corrected chi connectivity index (χ0v) is 13.2. The normalized spacial score (nSPS) is 10.8. The lowest BCUT2D eigenvalue weighted by Crippen LogP contribution is -2.43. The third-order valence-electron chi connectivity index (χ3n) is 2.34. The van der Waals surface area contributed by atoms with Gasteiger partial charge in [0.2, 0.25) is 5.91 Å². The van der Waals surface area contributed by atoms with Gasteiger partial charge in [-0.2, -0.15) is 0 Å². The fraction of sp³-hybridized carbons (Fsp3) is 0.333. The van der Waals surface area contributed by atoms with E-state index in [1.807, 2.05) is 25.3 Å². The minimum absolute atomic E-state index is 0.0326. The number of urea groups is 1. The van der Waals surface area contributed by atoms with E-state index in [1.54, 1.807) is 0 Å². The first-order valence-electron chi connectivity index (χ1n) is 6.19. The summed E-state index contributed by atoms with van der Waals surface area (Å²) in [4.78, 5) is 32.2.